The molecule has 1 aliphatic heterocycles. The molecule has 1 atom stereocenters. The van der Waals surface area contributed by atoms with E-state index in [4.69, 9.17) is 4.42 Å². The van der Waals surface area contributed by atoms with Crippen LogP contribution in [0.3, 0.4) is 0 Å². The quantitative estimate of drug-likeness (QED) is 0.282. The molecule has 1 aromatic heterocycles. The summed E-state index contributed by atoms with van der Waals surface area (Å²) in [5.41, 5.74) is 1.44. The van der Waals surface area contributed by atoms with Crippen LogP contribution in [0.4, 0.5) is 18.9 Å². The topological polar surface area (TPSA) is 126 Å². The summed E-state index contributed by atoms with van der Waals surface area (Å²) >= 11 is 0. The van der Waals surface area contributed by atoms with Crippen LogP contribution < -0.4 is 10.0 Å². The number of nitrogens with zero attached hydrogens (tertiary/aromatic N) is 1. The first-order chi connectivity index (χ1) is 20.3. The predicted octanol–water partition coefficient (Wildman–Crippen LogP) is 4.96. The Bertz CT molecular complexity index is 1930. The zero-order valence-corrected chi connectivity index (χ0v) is 24.8. The number of furan rings is 1. The Morgan fingerprint density at radius 1 is 1.00 bits per heavy atom. The molecule has 2 N–H and O–H groups in total. The molecular weight excluding hydrogens is 607 g/mol. The van der Waals surface area contributed by atoms with E-state index in [-0.39, 0.29) is 41.2 Å². The van der Waals surface area contributed by atoms with E-state index < -0.39 is 55.1 Å². The van der Waals surface area contributed by atoms with Crippen molar-refractivity contribution in [2.24, 2.45) is 0 Å². The maximum atomic E-state index is 13.7. The number of hydrogen-bond acceptors (Lipinski definition) is 6. The van der Waals surface area contributed by atoms with Crippen LogP contribution in [-0.2, 0) is 25.8 Å². The van der Waals surface area contributed by atoms with Crippen LogP contribution in [0, 0.1) is 17.5 Å². The van der Waals surface area contributed by atoms with Crippen LogP contribution in [-0.4, -0.2) is 53.4 Å². The van der Waals surface area contributed by atoms with Crippen LogP contribution >= 0.6 is 0 Å². The van der Waals surface area contributed by atoms with Gasteiger partial charge in [-0.1, -0.05) is 6.07 Å². The smallest absolute Gasteiger partial charge is 0.255 e. The van der Waals surface area contributed by atoms with Crippen LogP contribution in [0.25, 0.3) is 22.3 Å². The van der Waals surface area contributed by atoms with E-state index in [0.29, 0.717) is 29.4 Å². The van der Waals surface area contributed by atoms with Crippen molar-refractivity contribution in [1.82, 2.24) is 9.62 Å². The van der Waals surface area contributed by atoms with Crippen molar-refractivity contribution in [2.45, 2.75) is 24.5 Å². The molecule has 3 aromatic carbocycles. The molecular formula is C29H28F3N3O6S2. The molecule has 0 spiro atoms. The largest absolute Gasteiger partial charge is 0.455 e. The first kappa shape index (κ1) is 30.6. The van der Waals surface area contributed by atoms with E-state index in [1.807, 2.05) is 0 Å². The van der Waals surface area contributed by atoms with Gasteiger partial charge in [0.25, 0.3) is 5.91 Å². The van der Waals surface area contributed by atoms with Gasteiger partial charge in [0.1, 0.15) is 17.2 Å². The molecule has 1 amide bonds. The van der Waals surface area contributed by atoms with Gasteiger partial charge in [-0.05, 0) is 72.4 Å². The van der Waals surface area contributed by atoms with Gasteiger partial charge >= 0.3 is 0 Å². The fourth-order valence-corrected chi connectivity index (χ4v) is 7.49. The van der Waals surface area contributed by atoms with Gasteiger partial charge in [-0.15, -0.1) is 0 Å². The van der Waals surface area contributed by atoms with Crippen molar-refractivity contribution in [1.29, 1.82) is 0 Å². The van der Waals surface area contributed by atoms with Crippen LogP contribution in [0.15, 0.2) is 59.0 Å². The van der Waals surface area contributed by atoms with Gasteiger partial charge < -0.3 is 9.73 Å². The number of fused-ring (bicyclic) bond motifs is 1. The summed E-state index contributed by atoms with van der Waals surface area (Å²) in [6.45, 7) is 0.164. The number of amides is 1. The average Bonchev–Trinajstić information content (AvgIpc) is 3.32. The fourth-order valence-electron chi connectivity index (χ4n) is 5.32. The molecule has 0 radical (unpaired) electrons. The lowest BCUT2D eigenvalue weighted by Gasteiger charge is -2.33. The number of sulfonamides is 2. The lowest BCUT2D eigenvalue weighted by Crippen LogP contribution is -2.40. The summed E-state index contributed by atoms with van der Waals surface area (Å²) in [5.74, 6) is -4.11. The first-order valence-corrected chi connectivity index (χ1v) is 16.7. The number of carbonyl (C=O) groups is 1. The number of rotatable bonds is 8. The molecule has 5 rings (SSSR count). The summed E-state index contributed by atoms with van der Waals surface area (Å²) < 4.78 is 102. The zero-order valence-electron chi connectivity index (χ0n) is 23.2. The molecule has 1 fully saturated rings. The molecule has 2 heterocycles. The highest BCUT2D eigenvalue weighted by atomic mass is 32.2. The number of anilines is 1. The Balaban J connectivity index is 1.58. The minimum Gasteiger partial charge on any atom is -0.455 e. The summed E-state index contributed by atoms with van der Waals surface area (Å²) in [5, 5.41) is 2.92. The maximum absolute atomic E-state index is 13.7. The van der Waals surface area contributed by atoms with Crippen molar-refractivity contribution >= 4 is 42.6 Å². The van der Waals surface area contributed by atoms with E-state index >= 15 is 0 Å². The van der Waals surface area contributed by atoms with E-state index in [0.717, 1.165) is 18.4 Å². The fraction of sp³-hybridized carbons (Fsp3) is 0.276. The highest BCUT2D eigenvalue weighted by molar-refractivity contribution is 7.92. The second-order valence-corrected chi connectivity index (χ2v) is 14.1. The summed E-state index contributed by atoms with van der Waals surface area (Å²) in [6, 6.07) is 11.3. The third-order valence-electron chi connectivity index (χ3n) is 7.27. The SMILES string of the molecule is CNC(=O)c1c(-c2ccc(F)cc2)oc2cc(NS(C)(=O)=O)c([C@H]3CCCN(S(=O)(=O)Cc4ccc(F)c(F)c4)C3)cc12. The lowest BCUT2D eigenvalue weighted by atomic mass is 9.89. The molecule has 1 saturated heterocycles. The van der Waals surface area contributed by atoms with Crippen molar-refractivity contribution in [2.75, 3.05) is 31.1 Å². The van der Waals surface area contributed by atoms with Crippen molar-refractivity contribution in [3.05, 3.63) is 88.7 Å². The van der Waals surface area contributed by atoms with Crippen molar-refractivity contribution in [3.8, 4) is 11.3 Å². The van der Waals surface area contributed by atoms with E-state index in [1.165, 1.54) is 47.8 Å². The molecule has 9 nitrogen and oxygen atoms in total. The van der Waals surface area contributed by atoms with Crippen LogP contribution in [0.1, 0.15) is 40.2 Å². The van der Waals surface area contributed by atoms with Gasteiger partial charge in [0.2, 0.25) is 20.0 Å². The molecule has 0 aliphatic carbocycles. The second kappa shape index (κ2) is 11.7. The number of nitrogens with one attached hydrogen (secondary N) is 2. The molecule has 0 bridgehead atoms. The van der Waals surface area contributed by atoms with E-state index in [1.54, 1.807) is 6.07 Å². The normalized spacial score (nSPS) is 16.3. The van der Waals surface area contributed by atoms with Crippen molar-refractivity contribution in [3.63, 3.8) is 0 Å². The van der Waals surface area contributed by atoms with E-state index in [9.17, 15) is 34.8 Å². The molecule has 0 saturated carbocycles. The van der Waals surface area contributed by atoms with Gasteiger partial charge in [0.05, 0.1) is 23.3 Å². The van der Waals surface area contributed by atoms with Gasteiger partial charge in [-0.2, -0.15) is 0 Å². The lowest BCUT2D eigenvalue weighted by molar-refractivity contribution is 0.0964. The number of carbonyl (C=O) groups excluding carboxylic acids is 1. The summed E-state index contributed by atoms with van der Waals surface area (Å²) in [7, 11) is -6.32. The Labute approximate surface area is 246 Å². The minimum absolute atomic E-state index is 0.0199. The van der Waals surface area contributed by atoms with E-state index in [2.05, 4.69) is 10.0 Å². The van der Waals surface area contributed by atoms with Crippen LogP contribution in [0.2, 0.25) is 0 Å². The third-order valence-corrected chi connectivity index (χ3v) is 9.67. The monoisotopic (exact) mass is 635 g/mol. The summed E-state index contributed by atoms with van der Waals surface area (Å²) in [6.07, 6.45) is 1.91. The Hall–Kier alpha value is -3.88. The molecule has 0 unspecified atom stereocenters. The molecule has 228 valence electrons. The first-order valence-electron chi connectivity index (χ1n) is 13.2. The Morgan fingerprint density at radius 2 is 1.72 bits per heavy atom. The van der Waals surface area contributed by atoms with Gasteiger partial charge in [0, 0.05) is 37.2 Å². The van der Waals surface area contributed by atoms with Gasteiger partial charge in [-0.25, -0.2) is 34.3 Å². The molecule has 43 heavy (non-hydrogen) atoms. The van der Waals surface area contributed by atoms with Crippen LogP contribution in [0.5, 0.6) is 0 Å². The number of halogens is 3. The molecule has 1 aliphatic rings. The van der Waals surface area contributed by atoms with Gasteiger partial charge in [0.15, 0.2) is 11.6 Å². The molecule has 14 heteroatoms. The summed E-state index contributed by atoms with van der Waals surface area (Å²) in [4.78, 5) is 13.1. The number of benzene rings is 3. The third kappa shape index (κ3) is 6.55. The Kier molecular flexibility index (Phi) is 8.29. The standard InChI is InChI=1S/C29H28F3N3O6S2/c1-33-29(36)27-22-13-21(19-4-3-11-35(15-19)43(39,40)16-17-5-10-23(31)24(32)12-17)25(34-42(2,37)38)14-26(22)41-28(27)18-6-8-20(30)9-7-18/h5-10,12-14,19,34H,3-4,11,15-16H2,1-2H3,(H,33,36)/t19-/m0/s1. The minimum atomic E-state index is -3.97. The highest BCUT2D eigenvalue weighted by Crippen LogP contribution is 2.41. The van der Waals surface area contributed by atoms with Crippen molar-refractivity contribution < 1.29 is 39.2 Å². The zero-order chi connectivity index (χ0) is 31.1. The second-order valence-electron chi connectivity index (χ2n) is 10.4. The highest BCUT2D eigenvalue weighted by Gasteiger charge is 2.33. The number of hydrogen-bond donors (Lipinski definition) is 2. The average molecular weight is 636 g/mol. The maximum Gasteiger partial charge on any atom is 0.255 e. The predicted molar refractivity (Wildman–Crippen MR) is 156 cm³/mol. The van der Waals surface area contributed by atoms with Gasteiger partial charge in [-0.3, -0.25) is 9.52 Å². The number of piperidine rings is 1. The molecule has 4 aromatic rings. The Morgan fingerprint density at radius 3 is 2.37 bits per heavy atom.